The molecule has 0 aliphatic carbocycles. The third-order valence-electron chi connectivity index (χ3n) is 4.78. The average molecular weight is 426 g/mol. The van der Waals surface area contributed by atoms with Crippen molar-refractivity contribution < 1.29 is 24.3 Å². The molecule has 0 bridgehead atoms. The number of nitrogens with one attached hydrogen (secondary N) is 2. The topological polar surface area (TPSA) is 147 Å². The summed E-state index contributed by atoms with van der Waals surface area (Å²) in [5.41, 5.74) is 1.87. The van der Waals surface area contributed by atoms with Crippen LogP contribution in [0, 0.1) is 13.8 Å². The van der Waals surface area contributed by atoms with E-state index in [1.165, 1.54) is 23.9 Å². The summed E-state index contributed by atoms with van der Waals surface area (Å²) in [6.07, 6.45) is 0.964. The van der Waals surface area contributed by atoms with Gasteiger partial charge < -0.3 is 29.9 Å². The van der Waals surface area contributed by atoms with E-state index >= 15 is 0 Å². The fourth-order valence-electron chi connectivity index (χ4n) is 3.28. The number of carboxylic acid groups (broad SMARTS) is 1. The van der Waals surface area contributed by atoms with E-state index in [4.69, 9.17) is 4.52 Å². The molecule has 3 rings (SSSR count). The molecule has 0 radical (unpaired) electrons. The molecule has 1 aromatic carbocycles. The predicted octanol–water partition coefficient (Wildman–Crippen LogP) is 2.70. The van der Waals surface area contributed by atoms with Gasteiger partial charge in [-0.3, -0.25) is 9.59 Å². The second-order valence-electron chi connectivity index (χ2n) is 7.07. The van der Waals surface area contributed by atoms with Crippen molar-refractivity contribution in [2.24, 2.45) is 7.05 Å². The van der Waals surface area contributed by atoms with Gasteiger partial charge in [0.05, 0.1) is 18.2 Å². The first-order valence-electron chi connectivity index (χ1n) is 9.38. The summed E-state index contributed by atoms with van der Waals surface area (Å²) in [5, 5.41) is 28.0. The molecule has 2 aromatic heterocycles. The minimum absolute atomic E-state index is 0.305. The normalized spacial score (nSPS) is 11.7. The van der Waals surface area contributed by atoms with Crippen LogP contribution in [0.3, 0.4) is 0 Å². The summed E-state index contributed by atoms with van der Waals surface area (Å²) in [6, 6.07) is 6.55. The molecule has 10 nitrogen and oxygen atoms in total. The smallest absolute Gasteiger partial charge is 0.319 e. The number of aromatic hydroxyl groups is 1. The zero-order valence-corrected chi connectivity index (χ0v) is 17.2. The first-order chi connectivity index (χ1) is 14.7. The molecule has 0 aliphatic heterocycles. The molecule has 0 saturated carbocycles. The molecule has 0 saturated heterocycles. The van der Waals surface area contributed by atoms with Crippen LogP contribution >= 0.6 is 0 Å². The number of urea groups is 1. The van der Waals surface area contributed by atoms with E-state index in [2.05, 4.69) is 15.8 Å². The number of nitrogens with zero attached hydrogens (tertiary/aromatic N) is 2. The van der Waals surface area contributed by atoms with Gasteiger partial charge in [0.1, 0.15) is 11.5 Å². The van der Waals surface area contributed by atoms with Gasteiger partial charge in [0.25, 0.3) is 5.56 Å². The third kappa shape index (κ3) is 4.74. The lowest BCUT2D eigenvalue weighted by molar-refractivity contribution is -0.137. The molecule has 162 valence electrons. The van der Waals surface area contributed by atoms with Crippen molar-refractivity contribution >= 4 is 17.7 Å². The Balaban J connectivity index is 1.89. The molecule has 3 aromatic rings. The molecular formula is C21H22N4O6. The number of aliphatic carboxylic acids is 1. The van der Waals surface area contributed by atoms with Crippen LogP contribution in [0.25, 0.3) is 11.1 Å². The number of rotatable bonds is 6. The number of carboxylic acids is 1. The van der Waals surface area contributed by atoms with Crippen LogP contribution in [0.5, 0.6) is 5.75 Å². The maximum Gasteiger partial charge on any atom is 0.319 e. The van der Waals surface area contributed by atoms with Gasteiger partial charge in [-0.15, -0.1) is 0 Å². The fourth-order valence-corrected chi connectivity index (χ4v) is 3.28. The minimum Gasteiger partial charge on any atom is -0.505 e. The highest BCUT2D eigenvalue weighted by Gasteiger charge is 2.21. The van der Waals surface area contributed by atoms with Gasteiger partial charge >= 0.3 is 12.0 Å². The summed E-state index contributed by atoms with van der Waals surface area (Å²) in [5.74, 6) is -0.898. The highest BCUT2D eigenvalue weighted by atomic mass is 16.5. The Morgan fingerprint density at radius 1 is 1.26 bits per heavy atom. The van der Waals surface area contributed by atoms with Gasteiger partial charge in [0.15, 0.2) is 5.69 Å². The molecule has 2 amide bonds. The highest BCUT2D eigenvalue weighted by Crippen LogP contribution is 2.29. The average Bonchev–Trinajstić information content (AvgIpc) is 3.05. The molecule has 1 atom stereocenters. The van der Waals surface area contributed by atoms with Crippen LogP contribution in [-0.4, -0.2) is 31.9 Å². The zero-order valence-electron chi connectivity index (χ0n) is 17.2. The van der Waals surface area contributed by atoms with Crippen molar-refractivity contribution in [1.82, 2.24) is 15.0 Å². The van der Waals surface area contributed by atoms with Gasteiger partial charge in [-0.1, -0.05) is 23.4 Å². The number of aryl methyl sites for hydroxylation is 3. The standard InChI is InChI=1S/C21H22N4O6/c1-11-18(12(2)31-24-11)14-6-4-5-13(9-14)15(10-17(27)28)22-21(30)23-19-16(26)7-8-25(3)20(19)29/h4-9,15,26H,10H2,1-3H3,(H,27,28)(H2,22,23,30)/t15-/m0/s1. The number of carbonyl (C=O) groups excluding carboxylic acids is 1. The summed E-state index contributed by atoms with van der Waals surface area (Å²) < 4.78 is 6.39. The van der Waals surface area contributed by atoms with Crippen molar-refractivity contribution in [2.75, 3.05) is 5.32 Å². The third-order valence-corrected chi connectivity index (χ3v) is 4.78. The number of carbonyl (C=O) groups is 2. The number of amides is 2. The number of hydrogen-bond donors (Lipinski definition) is 4. The first-order valence-corrected chi connectivity index (χ1v) is 9.38. The van der Waals surface area contributed by atoms with E-state index in [-0.39, 0.29) is 5.69 Å². The van der Waals surface area contributed by atoms with Crippen molar-refractivity contribution in [1.29, 1.82) is 0 Å². The molecule has 4 N–H and O–H groups in total. The van der Waals surface area contributed by atoms with Crippen LogP contribution in [-0.2, 0) is 11.8 Å². The van der Waals surface area contributed by atoms with Crippen molar-refractivity contribution in [2.45, 2.75) is 26.3 Å². The minimum atomic E-state index is -1.12. The summed E-state index contributed by atoms with van der Waals surface area (Å²) >= 11 is 0. The van der Waals surface area contributed by atoms with Gasteiger partial charge in [-0.2, -0.15) is 0 Å². The molecule has 0 aliphatic rings. The number of aromatic nitrogens is 2. The molecular weight excluding hydrogens is 404 g/mol. The van der Waals surface area contributed by atoms with E-state index in [9.17, 15) is 24.6 Å². The summed E-state index contributed by atoms with van der Waals surface area (Å²) in [7, 11) is 1.47. The Bertz CT molecular complexity index is 1180. The number of hydrogen-bond acceptors (Lipinski definition) is 6. The van der Waals surface area contributed by atoms with Crippen molar-refractivity contribution in [3.05, 3.63) is 63.9 Å². The van der Waals surface area contributed by atoms with Gasteiger partial charge in [0, 0.05) is 18.8 Å². The van der Waals surface area contributed by atoms with E-state index in [1.807, 2.05) is 6.07 Å². The van der Waals surface area contributed by atoms with Crippen LogP contribution in [0.1, 0.15) is 29.5 Å². The van der Waals surface area contributed by atoms with E-state index in [0.717, 1.165) is 11.1 Å². The van der Waals surface area contributed by atoms with Crippen LogP contribution in [0.15, 0.2) is 45.8 Å². The van der Waals surface area contributed by atoms with Gasteiger partial charge in [-0.05, 0) is 37.1 Å². The monoisotopic (exact) mass is 426 g/mol. The maximum absolute atomic E-state index is 12.5. The molecule has 0 unspecified atom stereocenters. The van der Waals surface area contributed by atoms with Crippen molar-refractivity contribution in [3.63, 3.8) is 0 Å². The lowest BCUT2D eigenvalue weighted by Crippen LogP contribution is -2.36. The molecule has 31 heavy (non-hydrogen) atoms. The number of benzene rings is 1. The Morgan fingerprint density at radius 3 is 2.65 bits per heavy atom. The predicted molar refractivity (Wildman–Crippen MR) is 112 cm³/mol. The molecule has 0 fully saturated rings. The van der Waals surface area contributed by atoms with Gasteiger partial charge in [-0.25, -0.2) is 4.79 Å². The Labute approximate surface area is 177 Å². The second kappa shape index (κ2) is 8.74. The molecule has 2 heterocycles. The first kappa shape index (κ1) is 21.6. The molecule has 10 heteroatoms. The lowest BCUT2D eigenvalue weighted by atomic mass is 9.97. The number of pyridine rings is 1. The number of anilines is 1. The SMILES string of the molecule is Cc1noc(C)c1-c1cccc([C@H](CC(=O)O)NC(=O)Nc2c(O)ccn(C)c2=O)c1. The van der Waals surface area contributed by atoms with E-state index < -0.39 is 35.8 Å². The summed E-state index contributed by atoms with van der Waals surface area (Å²) in [4.78, 5) is 36.1. The quantitative estimate of drug-likeness (QED) is 0.474. The van der Waals surface area contributed by atoms with E-state index in [1.54, 1.807) is 32.0 Å². The zero-order chi connectivity index (χ0) is 22.7. The lowest BCUT2D eigenvalue weighted by Gasteiger charge is -2.19. The fraction of sp³-hybridized carbons (Fsp3) is 0.238. The van der Waals surface area contributed by atoms with E-state index in [0.29, 0.717) is 17.0 Å². The Hall–Kier alpha value is -4.08. The maximum atomic E-state index is 12.5. The molecule has 0 spiro atoms. The highest BCUT2D eigenvalue weighted by molar-refractivity contribution is 5.91. The van der Waals surface area contributed by atoms with Gasteiger partial charge in [0.2, 0.25) is 0 Å². The van der Waals surface area contributed by atoms with Crippen LogP contribution in [0.4, 0.5) is 10.5 Å². The Morgan fingerprint density at radius 2 is 2.00 bits per heavy atom. The Kier molecular flexibility index (Phi) is 6.10. The van der Waals surface area contributed by atoms with Crippen molar-refractivity contribution in [3.8, 4) is 16.9 Å². The largest absolute Gasteiger partial charge is 0.505 e. The summed E-state index contributed by atoms with van der Waals surface area (Å²) in [6.45, 7) is 3.57. The van der Waals surface area contributed by atoms with Crippen LogP contribution in [0.2, 0.25) is 0 Å². The van der Waals surface area contributed by atoms with Crippen LogP contribution < -0.4 is 16.2 Å². The second-order valence-corrected chi connectivity index (χ2v) is 7.07.